The summed E-state index contributed by atoms with van der Waals surface area (Å²) in [5.74, 6) is 1.88. The van der Waals surface area contributed by atoms with Gasteiger partial charge in [-0.3, -0.25) is 4.98 Å². The number of hydrogen-bond donors (Lipinski definition) is 0. The summed E-state index contributed by atoms with van der Waals surface area (Å²) in [7, 11) is 0. The second-order valence-electron chi connectivity index (χ2n) is 12.7. The normalized spacial score (nSPS) is 11.1. The molecule has 0 aliphatic heterocycles. The highest BCUT2D eigenvalue weighted by atomic mass is 15.0. The second kappa shape index (κ2) is 13.7. The third-order valence-corrected chi connectivity index (χ3v) is 9.42. The van der Waals surface area contributed by atoms with Crippen LogP contribution >= 0.6 is 0 Å². The fraction of sp³-hybridized carbons (Fsp3) is 0. The van der Waals surface area contributed by atoms with Crippen LogP contribution in [-0.2, 0) is 0 Å². The first kappa shape index (κ1) is 31.0. The predicted octanol–water partition coefficient (Wildman–Crippen LogP) is 12.1. The van der Waals surface area contributed by atoms with Crippen molar-refractivity contribution in [2.45, 2.75) is 0 Å². The smallest absolute Gasteiger partial charge is 0.164 e. The molecule has 9 rings (SSSR count). The Hall–Kier alpha value is -7.04. The zero-order chi connectivity index (χ0) is 34.7. The molecule has 4 nitrogen and oxygen atoms in total. The van der Waals surface area contributed by atoms with E-state index in [1.807, 2.05) is 79.0 Å². The van der Waals surface area contributed by atoms with Crippen molar-refractivity contribution in [3.05, 3.63) is 194 Å². The Morgan fingerprint density at radius 2 is 0.712 bits per heavy atom. The Kier molecular flexibility index (Phi) is 8.16. The molecule has 0 amide bonds. The van der Waals surface area contributed by atoms with Crippen LogP contribution in [0.1, 0.15) is 0 Å². The Morgan fingerprint density at radius 3 is 1.27 bits per heavy atom. The number of fused-ring (bicyclic) bond motifs is 1. The van der Waals surface area contributed by atoms with Gasteiger partial charge in [-0.25, -0.2) is 15.0 Å². The van der Waals surface area contributed by atoms with Gasteiger partial charge in [0.25, 0.3) is 0 Å². The van der Waals surface area contributed by atoms with Crippen molar-refractivity contribution in [1.29, 1.82) is 0 Å². The van der Waals surface area contributed by atoms with Crippen molar-refractivity contribution < 1.29 is 0 Å². The van der Waals surface area contributed by atoms with Crippen LogP contribution in [0, 0.1) is 0 Å². The SMILES string of the molecule is c1ccc(-c2ccc(-c3ccc(-c4ccc(-c5nc(-c6ccccc6)nc(-c6ccccc6)n5)cc4-c4cccc5cccnc45)cc3)cc2)cc1. The van der Waals surface area contributed by atoms with Crippen molar-refractivity contribution in [3.8, 4) is 78.7 Å². The third kappa shape index (κ3) is 6.14. The molecule has 0 aliphatic carbocycles. The van der Waals surface area contributed by atoms with Crippen molar-refractivity contribution >= 4 is 10.9 Å². The highest BCUT2D eigenvalue weighted by molar-refractivity contribution is 5.99. The van der Waals surface area contributed by atoms with E-state index in [9.17, 15) is 0 Å². The number of nitrogens with zero attached hydrogens (tertiary/aromatic N) is 4. The number of para-hydroxylation sites is 1. The van der Waals surface area contributed by atoms with Gasteiger partial charge >= 0.3 is 0 Å². The van der Waals surface area contributed by atoms with Gasteiger partial charge in [0, 0.05) is 33.8 Å². The summed E-state index contributed by atoms with van der Waals surface area (Å²) in [6, 6.07) is 65.2. The first-order valence-electron chi connectivity index (χ1n) is 17.4. The van der Waals surface area contributed by atoms with Crippen LogP contribution < -0.4 is 0 Å². The van der Waals surface area contributed by atoms with Gasteiger partial charge in [-0.15, -0.1) is 0 Å². The van der Waals surface area contributed by atoms with Crippen LogP contribution in [0.4, 0.5) is 0 Å². The quantitative estimate of drug-likeness (QED) is 0.170. The molecule has 0 saturated heterocycles. The fourth-order valence-corrected chi connectivity index (χ4v) is 6.75. The van der Waals surface area contributed by atoms with Crippen LogP contribution in [0.5, 0.6) is 0 Å². The minimum atomic E-state index is 0.614. The van der Waals surface area contributed by atoms with E-state index in [1.165, 1.54) is 22.3 Å². The Labute approximate surface area is 302 Å². The van der Waals surface area contributed by atoms with Crippen LogP contribution in [-0.4, -0.2) is 19.9 Å². The monoisotopic (exact) mass is 664 g/mol. The summed E-state index contributed by atoms with van der Waals surface area (Å²) in [6.45, 7) is 0. The summed E-state index contributed by atoms with van der Waals surface area (Å²) in [5, 5.41) is 1.09. The zero-order valence-corrected chi connectivity index (χ0v) is 28.3. The molecule has 0 aliphatic rings. The molecule has 244 valence electrons. The molecule has 9 aromatic rings. The first-order chi connectivity index (χ1) is 25.8. The minimum absolute atomic E-state index is 0.614. The summed E-state index contributed by atoms with van der Waals surface area (Å²) >= 11 is 0. The largest absolute Gasteiger partial charge is 0.256 e. The lowest BCUT2D eigenvalue weighted by atomic mass is 9.90. The van der Waals surface area contributed by atoms with E-state index in [2.05, 4.69) is 115 Å². The van der Waals surface area contributed by atoms with Crippen molar-refractivity contribution in [2.75, 3.05) is 0 Å². The van der Waals surface area contributed by atoms with Gasteiger partial charge in [-0.2, -0.15) is 0 Å². The second-order valence-corrected chi connectivity index (χ2v) is 12.7. The summed E-state index contributed by atoms with van der Waals surface area (Å²) in [4.78, 5) is 19.8. The number of rotatable bonds is 7. The van der Waals surface area contributed by atoms with Crippen molar-refractivity contribution in [1.82, 2.24) is 19.9 Å². The lowest BCUT2D eigenvalue weighted by Gasteiger charge is -2.15. The Bertz CT molecular complexity index is 2570. The highest BCUT2D eigenvalue weighted by Crippen LogP contribution is 2.39. The molecule has 2 aromatic heterocycles. The van der Waals surface area contributed by atoms with Gasteiger partial charge in [0.2, 0.25) is 0 Å². The topological polar surface area (TPSA) is 51.6 Å². The molecule has 7 aromatic carbocycles. The summed E-state index contributed by atoms with van der Waals surface area (Å²) in [6.07, 6.45) is 1.86. The minimum Gasteiger partial charge on any atom is -0.256 e. The molecule has 0 fully saturated rings. The van der Waals surface area contributed by atoms with E-state index in [-0.39, 0.29) is 0 Å². The lowest BCUT2D eigenvalue weighted by molar-refractivity contribution is 1.07. The van der Waals surface area contributed by atoms with Gasteiger partial charge in [0.05, 0.1) is 5.52 Å². The van der Waals surface area contributed by atoms with Crippen LogP contribution in [0.25, 0.3) is 89.6 Å². The van der Waals surface area contributed by atoms with E-state index in [1.54, 1.807) is 0 Å². The maximum Gasteiger partial charge on any atom is 0.164 e. The molecule has 0 N–H and O–H groups in total. The molecule has 2 heterocycles. The third-order valence-electron chi connectivity index (χ3n) is 9.42. The van der Waals surface area contributed by atoms with Crippen LogP contribution in [0.15, 0.2) is 194 Å². The Morgan fingerprint density at radius 1 is 0.269 bits per heavy atom. The van der Waals surface area contributed by atoms with E-state index in [0.29, 0.717) is 17.5 Å². The van der Waals surface area contributed by atoms with E-state index in [0.717, 1.165) is 49.8 Å². The molecule has 0 spiro atoms. The molecule has 0 atom stereocenters. The molecule has 0 radical (unpaired) electrons. The average Bonchev–Trinajstić information content (AvgIpc) is 3.24. The number of aromatic nitrogens is 4. The number of hydrogen-bond acceptors (Lipinski definition) is 4. The number of pyridine rings is 1. The van der Waals surface area contributed by atoms with Crippen molar-refractivity contribution in [2.24, 2.45) is 0 Å². The molecule has 0 saturated carbocycles. The van der Waals surface area contributed by atoms with Gasteiger partial charge in [0.1, 0.15) is 0 Å². The maximum absolute atomic E-state index is 5.03. The van der Waals surface area contributed by atoms with Gasteiger partial charge < -0.3 is 0 Å². The van der Waals surface area contributed by atoms with Gasteiger partial charge in [0.15, 0.2) is 17.5 Å². The lowest BCUT2D eigenvalue weighted by Crippen LogP contribution is -2.00. The van der Waals surface area contributed by atoms with E-state index in [4.69, 9.17) is 19.9 Å². The molecule has 4 heteroatoms. The zero-order valence-electron chi connectivity index (χ0n) is 28.3. The average molecular weight is 665 g/mol. The van der Waals surface area contributed by atoms with Crippen molar-refractivity contribution in [3.63, 3.8) is 0 Å². The van der Waals surface area contributed by atoms with Crippen LogP contribution in [0.3, 0.4) is 0 Å². The molecule has 52 heavy (non-hydrogen) atoms. The molecule has 0 unspecified atom stereocenters. The predicted molar refractivity (Wildman–Crippen MR) is 213 cm³/mol. The van der Waals surface area contributed by atoms with Gasteiger partial charge in [-0.1, -0.05) is 176 Å². The summed E-state index contributed by atoms with van der Waals surface area (Å²) in [5.41, 5.74) is 12.8. The van der Waals surface area contributed by atoms with E-state index < -0.39 is 0 Å². The molecule has 0 bridgehead atoms. The Balaban J connectivity index is 1.16. The number of benzene rings is 7. The standard InChI is InChI=1S/C48H32N4/c1-4-12-33(13-5-1)34-21-23-35(24-22-34)36-25-27-37(28-26-36)42-30-29-41(32-44(42)43-20-10-18-38-19-11-31-49-45(38)43)48-51-46(39-14-6-2-7-15-39)50-47(52-48)40-16-8-3-9-17-40/h1-32H. The maximum atomic E-state index is 5.03. The van der Waals surface area contributed by atoms with E-state index >= 15 is 0 Å². The van der Waals surface area contributed by atoms with Crippen LogP contribution in [0.2, 0.25) is 0 Å². The fourth-order valence-electron chi connectivity index (χ4n) is 6.75. The van der Waals surface area contributed by atoms with Gasteiger partial charge in [-0.05, 0) is 51.1 Å². The summed E-state index contributed by atoms with van der Waals surface area (Å²) < 4.78 is 0. The molecular formula is C48H32N4. The highest BCUT2D eigenvalue weighted by Gasteiger charge is 2.17. The first-order valence-corrected chi connectivity index (χ1v) is 17.4. The molecular weight excluding hydrogens is 633 g/mol.